The van der Waals surface area contributed by atoms with Crippen molar-refractivity contribution in [2.24, 2.45) is 0 Å². The molecule has 3 unspecified atom stereocenters. The van der Waals surface area contributed by atoms with Crippen LogP contribution in [0.3, 0.4) is 0 Å². The fourth-order valence-corrected chi connectivity index (χ4v) is 3.75. The number of hydrogen-bond donors (Lipinski definition) is 3. The lowest BCUT2D eigenvalue weighted by Gasteiger charge is -2.37. The van der Waals surface area contributed by atoms with E-state index in [-0.39, 0.29) is 6.04 Å². The molecule has 2 fully saturated rings. The summed E-state index contributed by atoms with van der Waals surface area (Å²) in [6, 6.07) is 9.87. The van der Waals surface area contributed by atoms with Crippen molar-refractivity contribution in [3.05, 3.63) is 29.8 Å². The van der Waals surface area contributed by atoms with Crippen LogP contribution < -0.4 is 15.4 Å². The van der Waals surface area contributed by atoms with Crippen molar-refractivity contribution in [1.82, 2.24) is 15.5 Å². The molecule has 25 heavy (non-hydrogen) atoms. The number of nitrogens with one attached hydrogen (secondary N) is 2. The van der Waals surface area contributed by atoms with Crippen molar-refractivity contribution >= 4 is 6.09 Å². The molecule has 2 aliphatic heterocycles. The topological polar surface area (TPSA) is 97.6 Å². The van der Waals surface area contributed by atoms with Gasteiger partial charge in [-0.25, -0.2) is 4.79 Å². The van der Waals surface area contributed by atoms with Gasteiger partial charge in [-0.3, -0.25) is 4.90 Å². The number of carboxylic acid groups (broad SMARTS) is 1. The minimum atomic E-state index is -0.995. The summed E-state index contributed by atoms with van der Waals surface area (Å²) in [4.78, 5) is 13.6. The first kappa shape index (κ1) is 17.5. The van der Waals surface area contributed by atoms with Gasteiger partial charge in [0.25, 0.3) is 0 Å². The van der Waals surface area contributed by atoms with Gasteiger partial charge in [0.15, 0.2) is 0 Å². The fourth-order valence-electron chi connectivity index (χ4n) is 3.75. The number of ether oxygens (including phenoxy) is 1. The summed E-state index contributed by atoms with van der Waals surface area (Å²) in [5.74, 6) is 0.690. The number of rotatable bonds is 7. The summed E-state index contributed by atoms with van der Waals surface area (Å²) >= 11 is 0. The molecule has 0 saturated carbocycles. The van der Waals surface area contributed by atoms with Gasteiger partial charge in [0.1, 0.15) is 5.75 Å². The van der Waals surface area contributed by atoms with Crippen LogP contribution in [0.4, 0.5) is 4.79 Å². The van der Waals surface area contributed by atoms with Crippen LogP contribution in [0.15, 0.2) is 24.3 Å². The van der Waals surface area contributed by atoms with Crippen LogP contribution in [0.25, 0.3) is 0 Å². The van der Waals surface area contributed by atoms with Crippen molar-refractivity contribution < 1.29 is 14.6 Å². The first-order chi connectivity index (χ1) is 12.2. The Balaban J connectivity index is 1.52. The van der Waals surface area contributed by atoms with Crippen molar-refractivity contribution in [3.8, 4) is 11.8 Å². The van der Waals surface area contributed by atoms with E-state index in [1.165, 1.54) is 12.8 Å². The second-order valence-corrected chi connectivity index (χ2v) is 6.66. The van der Waals surface area contributed by atoms with Gasteiger partial charge >= 0.3 is 6.09 Å². The highest BCUT2D eigenvalue weighted by Gasteiger charge is 2.37. The molecule has 7 heteroatoms. The Morgan fingerprint density at radius 2 is 2.04 bits per heavy atom. The van der Waals surface area contributed by atoms with E-state index in [2.05, 4.69) is 21.6 Å². The average Bonchev–Trinajstić information content (AvgIpc) is 2.82. The maximum atomic E-state index is 11.1. The summed E-state index contributed by atoms with van der Waals surface area (Å²) < 4.78 is 5.70. The molecule has 0 aliphatic carbocycles. The van der Waals surface area contributed by atoms with Crippen molar-refractivity contribution in [1.29, 1.82) is 5.26 Å². The Bertz CT molecular complexity index is 612. The van der Waals surface area contributed by atoms with Crippen molar-refractivity contribution in [2.45, 2.75) is 37.4 Å². The highest BCUT2D eigenvalue weighted by Crippen LogP contribution is 2.26. The van der Waals surface area contributed by atoms with Gasteiger partial charge in [-0.2, -0.15) is 5.26 Å². The van der Waals surface area contributed by atoms with Gasteiger partial charge in [-0.15, -0.1) is 0 Å². The Hall–Kier alpha value is -2.30. The number of nitriles is 1. The number of piperazine rings is 1. The molecule has 2 saturated heterocycles. The molecule has 2 bridgehead atoms. The predicted molar refractivity (Wildman–Crippen MR) is 92.6 cm³/mol. The molecule has 1 aromatic carbocycles. The lowest BCUT2D eigenvalue weighted by Crippen LogP contribution is -2.56. The minimum absolute atomic E-state index is 0.155. The first-order valence-electron chi connectivity index (χ1n) is 8.74. The lowest BCUT2D eigenvalue weighted by molar-refractivity contribution is 0.126. The molecule has 0 radical (unpaired) electrons. The van der Waals surface area contributed by atoms with Crippen molar-refractivity contribution in [3.63, 3.8) is 0 Å². The normalized spacial score (nSPS) is 23.6. The van der Waals surface area contributed by atoms with E-state index in [1.807, 2.05) is 0 Å². The molecule has 134 valence electrons. The first-order valence-corrected chi connectivity index (χ1v) is 8.74. The van der Waals surface area contributed by atoms with E-state index in [1.54, 1.807) is 24.3 Å². The lowest BCUT2D eigenvalue weighted by atomic mass is 10.1. The predicted octanol–water partition coefficient (Wildman–Crippen LogP) is 1.40. The number of fused-ring (bicyclic) bond motifs is 2. The average molecular weight is 344 g/mol. The molecule has 3 rings (SSSR count). The third kappa shape index (κ3) is 4.62. The second-order valence-electron chi connectivity index (χ2n) is 6.66. The molecular weight excluding hydrogens is 320 g/mol. The van der Waals surface area contributed by atoms with Gasteiger partial charge in [-0.1, -0.05) is 0 Å². The zero-order valence-electron chi connectivity index (χ0n) is 14.1. The highest BCUT2D eigenvalue weighted by molar-refractivity contribution is 5.64. The van der Waals surface area contributed by atoms with E-state index < -0.39 is 6.09 Å². The number of hydrogen-bond acceptors (Lipinski definition) is 5. The maximum Gasteiger partial charge on any atom is 0.404 e. The fraction of sp³-hybridized carbons (Fsp3) is 0.556. The second kappa shape index (κ2) is 8.19. The monoisotopic (exact) mass is 344 g/mol. The zero-order chi connectivity index (χ0) is 17.6. The Morgan fingerprint density at radius 3 is 2.64 bits per heavy atom. The molecule has 2 heterocycles. The van der Waals surface area contributed by atoms with E-state index in [0.717, 1.165) is 19.6 Å². The molecule has 2 aliphatic rings. The molecule has 3 N–H and O–H groups in total. The molecule has 3 atom stereocenters. The Labute approximate surface area is 147 Å². The van der Waals surface area contributed by atoms with Crippen LogP contribution in [0.1, 0.15) is 24.8 Å². The zero-order valence-corrected chi connectivity index (χ0v) is 14.1. The van der Waals surface area contributed by atoms with Crippen LogP contribution >= 0.6 is 0 Å². The summed E-state index contributed by atoms with van der Waals surface area (Å²) in [7, 11) is 0. The van der Waals surface area contributed by atoms with Crippen LogP contribution in [0.2, 0.25) is 0 Å². The van der Waals surface area contributed by atoms with Crippen LogP contribution in [0.5, 0.6) is 5.75 Å². The maximum absolute atomic E-state index is 11.1. The van der Waals surface area contributed by atoms with Gasteiger partial charge in [0, 0.05) is 44.2 Å². The Kier molecular flexibility index (Phi) is 5.74. The molecule has 0 spiro atoms. The number of carbonyl (C=O) groups is 1. The Morgan fingerprint density at radius 1 is 1.36 bits per heavy atom. The largest absolute Gasteiger partial charge is 0.494 e. The van der Waals surface area contributed by atoms with Crippen LogP contribution in [-0.2, 0) is 0 Å². The van der Waals surface area contributed by atoms with Gasteiger partial charge < -0.3 is 20.5 Å². The van der Waals surface area contributed by atoms with E-state index in [0.29, 0.717) is 36.4 Å². The SMILES string of the molecule is N#Cc1ccc(OCCC(CN2C3CCC2CNC3)NC(=O)O)cc1. The quantitative estimate of drug-likeness (QED) is 0.692. The van der Waals surface area contributed by atoms with Crippen molar-refractivity contribution in [2.75, 3.05) is 26.2 Å². The number of nitrogens with zero attached hydrogens (tertiary/aromatic N) is 2. The molecule has 7 nitrogen and oxygen atoms in total. The standard InChI is InChI=1S/C18H24N4O3/c19-9-13-1-5-17(6-2-13)25-8-7-14(21-18(23)24)12-22-15-3-4-16(22)11-20-10-15/h1-2,5-6,14-16,20-21H,3-4,7-8,10-12H2,(H,23,24). The third-order valence-corrected chi connectivity index (χ3v) is 5.01. The van der Waals surface area contributed by atoms with E-state index in [4.69, 9.17) is 15.1 Å². The highest BCUT2D eigenvalue weighted by atomic mass is 16.5. The molecule has 0 aromatic heterocycles. The van der Waals surface area contributed by atoms with Crippen LogP contribution in [0, 0.1) is 11.3 Å². The van der Waals surface area contributed by atoms with E-state index >= 15 is 0 Å². The number of amides is 1. The molecular formula is C18H24N4O3. The summed E-state index contributed by atoms with van der Waals surface area (Å²) in [6.07, 6.45) is 1.97. The van der Waals surface area contributed by atoms with Gasteiger partial charge in [0.05, 0.1) is 18.2 Å². The molecule has 1 amide bonds. The van der Waals surface area contributed by atoms with E-state index in [9.17, 15) is 4.79 Å². The summed E-state index contributed by atoms with van der Waals surface area (Å²) in [6.45, 7) is 3.12. The van der Waals surface area contributed by atoms with Gasteiger partial charge in [0.2, 0.25) is 0 Å². The van der Waals surface area contributed by atoms with Gasteiger partial charge in [-0.05, 0) is 37.1 Å². The third-order valence-electron chi connectivity index (χ3n) is 5.01. The summed E-state index contributed by atoms with van der Waals surface area (Å²) in [5, 5.41) is 24.0. The minimum Gasteiger partial charge on any atom is -0.494 e. The van der Waals surface area contributed by atoms with Crippen LogP contribution in [-0.4, -0.2) is 60.5 Å². The smallest absolute Gasteiger partial charge is 0.404 e. The number of benzene rings is 1. The summed E-state index contributed by atoms with van der Waals surface area (Å²) in [5.41, 5.74) is 0.590. The molecule has 1 aromatic rings.